The predicted octanol–water partition coefficient (Wildman–Crippen LogP) is 0.983. The van der Waals surface area contributed by atoms with Crippen molar-refractivity contribution >= 4 is 21.1 Å². The molecule has 0 saturated carbocycles. The molecular formula is C14H18N4O3S. The summed E-state index contributed by atoms with van der Waals surface area (Å²) in [4.78, 5) is 4.17. The number of aryl methyl sites for hydroxylation is 1. The molecule has 0 radical (unpaired) electrons. The Kier molecular flexibility index (Phi) is 4.23. The average molecular weight is 322 g/mol. The summed E-state index contributed by atoms with van der Waals surface area (Å²) in [5, 5.41) is 7.72. The second kappa shape index (κ2) is 6.15. The van der Waals surface area contributed by atoms with E-state index >= 15 is 0 Å². The lowest BCUT2D eigenvalue weighted by atomic mass is 10.1. The van der Waals surface area contributed by atoms with E-state index in [9.17, 15) is 8.42 Å². The minimum absolute atomic E-state index is 0.132. The van der Waals surface area contributed by atoms with Crippen LogP contribution in [-0.2, 0) is 16.4 Å². The number of rotatable bonds is 5. The van der Waals surface area contributed by atoms with Crippen molar-refractivity contribution in [3.8, 4) is 0 Å². The van der Waals surface area contributed by atoms with Gasteiger partial charge < -0.3 is 9.84 Å². The highest BCUT2D eigenvalue weighted by atomic mass is 32.2. The summed E-state index contributed by atoms with van der Waals surface area (Å²) >= 11 is 0. The third kappa shape index (κ3) is 3.03. The lowest BCUT2D eigenvalue weighted by molar-refractivity contribution is 0.439. The summed E-state index contributed by atoms with van der Waals surface area (Å²) in [6.07, 6.45) is 4.83. The van der Waals surface area contributed by atoms with Gasteiger partial charge in [-0.15, -0.1) is 0 Å². The summed E-state index contributed by atoms with van der Waals surface area (Å²) in [7, 11) is -3.60. The van der Waals surface area contributed by atoms with Gasteiger partial charge in [0, 0.05) is 13.1 Å². The van der Waals surface area contributed by atoms with Gasteiger partial charge in [-0.1, -0.05) is 23.7 Å². The van der Waals surface area contributed by atoms with E-state index < -0.39 is 10.0 Å². The molecule has 0 saturated heterocycles. The van der Waals surface area contributed by atoms with Crippen molar-refractivity contribution in [2.45, 2.75) is 24.7 Å². The minimum atomic E-state index is -3.60. The SMILES string of the molecule is CCc1noc2ncc(S(=O)(=O)NCC3=CCNCC3)cc12. The van der Waals surface area contributed by atoms with Crippen LogP contribution in [0.1, 0.15) is 19.0 Å². The van der Waals surface area contributed by atoms with Crippen molar-refractivity contribution < 1.29 is 12.9 Å². The number of aromatic nitrogens is 2. The number of pyridine rings is 1. The molecule has 2 aromatic heterocycles. The molecule has 8 heteroatoms. The highest BCUT2D eigenvalue weighted by Gasteiger charge is 2.18. The van der Waals surface area contributed by atoms with Crippen LogP contribution < -0.4 is 10.0 Å². The number of nitrogens with zero attached hydrogens (tertiary/aromatic N) is 2. The topological polar surface area (TPSA) is 97.1 Å². The Morgan fingerprint density at radius 3 is 3.05 bits per heavy atom. The molecule has 3 rings (SSSR count). The van der Waals surface area contributed by atoms with E-state index in [0.29, 0.717) is 29.8 Å². The Morgan fingerprint density at radius 1 is 1.45 bits per heavy atom. The Hall–Kier alpha value is -1.77. The summed E-state index contributed by atoms with van der Waals surface area (Å²) in [5.74, 6) is 0. The van der Waals surface area contributed by atoms with E-state index in [-0.39, 0.29) is 4.90 Å². The molecule has 2 N–H and O–H groups in total. The molecule has 1 aliphatic heterocycles. The maximum atomic E-state index is 12.4. The number of fused-ring (bicyclic) bond motifs is 1. The molecule has 3 heterocycles. The van der Waals surface area contributed by atoms with E-state index in [1.807, 2.05) is 13.0 Å². The predicted molar refractivity (Wildman–Crippen MR) is 81.9 cm³/mol. The van der Waals surface area contributed by atoms with Crippen molar-refractivity contribution in [1.29, 1.82) is 0 Å². The van der Waals surface area contributed by atoms with Crippen molar-refractivity contribution in [2.75, 3.05) is 19.6 Å². The molecule has 2 aromatic rings. The first-order valence-electron chi connectivity index (χ1n) is 7.23. The molecule has 118 valence electrons. The highest BCUT2D eigenvalue weighted by Crippen LogP contribution is 2.20. The molecule has 7 nitrogen and oxygen atoms in total. The lowest BCUT2D eigenvalue weighted by Crippen LogP contribution is -2.29. The second-order valence-electron chi connectivity index (χ2n) is 5.15. The van der Waals surface area contributed by atoms with Crippen LogP contribution in [-0.4, -0.2) is 38.2 Å². The first-order chi connectivity index (χ1) is 10.6. The number of hydrogen-bond donors (Lipinski definition) is 2. The molecule has 0 bridgehead atoms. The monoisotopic (exact) mass is 322 g/mol. The minimum Gasteiger partial charge on any atom is -0.336 e. The lowest BCUT2D eigenvalue weighted by Gasteiger charge is -2.14. The van der Waals surface area contributed by atoms with Gasteiger partial charge in [0.1, 0.15) is 4.90 Å². The van der Waals surface area contributed by atoms with E-state index in [1.54, 1.807) is 6.07 Å². The molecule has 1 aliphatic rings. The third-order valence-electron chi connectivity index (χ3n) is 3.67. The molecule has 0 atom stereocenters. The van der Waals surface area contributed by atoms with Gasteiger partial charge in [0.2, 0.25) is 10.0 Å². The smallest absolute Gasteiger partial charge is 0.258 e. The van der Waals surface area contributed by atoms with Crippen LogP contribution in [0.3, 0.4) is 0 Å². The molecule has 0 amide bonds. The van der Waals surface area contributed by atoms with Gasteiger partial charge in [0.05, 0.1) is 17.3 Å². The Bertz CT molecular complexity index is 811. The van der Waals surface area contributed by atoms with Crippen molar-refractivity contribution in [3.63, 3.8) is 0 Å². The molecular weight excluding hydrogens is 304 g/mol. The van der Waals surface area contributed by atoms with Gasteiger partial charge in [-0.05, 0) is 25.5 Å². The summed E-state index contributed by atoms with van der Waals surface area (Å²) in [5.41, 5.74) is 2.16. The van der Waals surface area contributed by atoms with Gasteiger partial charge in [-0.3, -0.25) is 0 Å². The van der Waals surface area contributed by atoms with Gasteiger partial charge in [-0.25, -0.2) is 18.1 Å². The highest BCUT2D eigenvalue weighted by molar-refractivity contribution is 7.89. The van der Waals surface area contributed by atoms with Crippen LogP contribution in [0.4, 0.5) is 0 Å². The Balaban J connectivity index is 1.83. The van der Waals surface area contributed by atoms with E-state index in [2.05, 4.69) is 20.2 Å². The maximum Gasteiger partial charge on any atom is 0.258 e. The zero-order valence-electron chi connectivity index (χ0n) is 12.3. The van der Waals surface area contributed by atoms with Crippen LogP contribution >= 0.6 is 0 Å². The number of nitrogens with one attached hydrogen (secondary N) is 2. The number of sulfonamides is 1. The fourth-order valence-electron chi connectivity index (χ4n) is 2.36. The summed E-state index contributed by atoms with van der Waals surface area (Å²) < 4.78 is 32.5. The summed E-state index contributed by atoms with van der Waals surface area (Å²) in [6.45, 7) is 3.92. The van der Waals surface area contributed by atoms with Gasteiger partial charge in [-0.2, -0.15) is 0 Å². The summed E-state index contributed by atoms with van der Waals surface area (Å²) in [6, 6.07) is 1.57. The Morgan fingerprint density at radius 2 is 2.32 bits per heavy atom. The van der Waals surface area contributed by atoms with Crippen molar-refractivity contribution in [1.82, 2.24) is 20.2 Å². The van der Waals surface area contributed by atoms with Gasteiger partial charge in [0.15, 0.2) is 0 Å². The van der Waals surface area contributed by atoms with E-state index in [1.165, 1.54) is 6.20 Å². The molecule has 0 spiro atoms. The maximum absolute atomic E-state index is 12.4. The largest absolute Gasteiger partial charge is 0.336 e. The standard InChI is InChI=1S/C14H18N4O3S/c1-2-13-12-7-11(9-16-14(12)21-18-13)22(19,20)17-8-10-3-5-15-6-4-10/h3,7,9,15,17H,2,4-6,8H2,1H3. The molecule has 0 aliphatic carbocycles. The van der Waals surface area contributed by atoms with Crippen LogP contribution in [0, 0.1) is 0 Å². The number of hydrogen-bond acceptors (Lipinski definition) is 6. The molecule has 0 fully saturated rings. The quantitative estimate of drug-likeness (QED) is 0.797. The Labute approximate surface area is 128 Å². The van der Waals surface area contributed by atoms with Crippen LogP contribution in [0.5, 0.6) is 0 Å². The van der Waals surface area contributed by atoms with Crippen molar-refractivity contribution in [3.05, 3.63) is 29.6 Å². The van der Waals surface area contributed by atoms with Gasteiger partial charge >= 0.3 is 0 Å². The fraction of sp³-hybridized carbons (Fsp3) is 0.429. The van der Waals surface area contributed by atoms with E-state index in [4.69, 9.17) is 4.52 Å². The molecule has 0 unspecified atom stereocenters. The van der Waals surface area contributed by atoms with Crippen LogP contribution in [0.2, 0.25) is 0 Å². The van der Waals surface area contributed by atoms with Gasteiger partial charge in [0.25, 0.3) is 5.71 Å². The van der Waals surface area contributed by atoms with Crippen LogP contribution in [0.15, 0.2) is 33.3 Å². The van der Waals surface area contributed by atoms with Crippen molar-refractivity contribution in [2.24, 2.45) is 0 Å². The first-order valence-corrected chi connectivity index (χ1v) is 8.71. The fourth-order valence-corrected chi connectivity index (χ4v) is 3.37. The molecule has 22 heavy (non-hydrogen) atoms. The second-order valence-corrected chi connectivity index (χ2v) is 6.91. The molecule has 0 aromatic carbocycles. The average Bonchev–Trinajstić information content (AvgIpc) is 2.96. The zero-order valence-corrected chi connectivity index (χ0v) is 13.1. The van der Waals surface area contributed by atoms with Crippen LogP contribution in [0.25, 0.3) is 11.1 Å². The third-order valence-corrected chi connectivity index (χ3v) is 5.04. The zero-order chi connectivity index (χ0) is 15.6. The normalized spacial score (nSPS) is 16.0. The first kappa shape index (κ1) is 15.1. The van der Waals surface area contributed by atoms with E-state index in [0.717, 1.165) is 25.1 Å².